The molecule has 1 N–H and O–H groups in total. The normalized spacial score (nSPS) is 12.2. The molecule has 0 aliphatic carbocycles. The summed E-state index contributed by atoms with van der Waals surface area (Å²) >= 11 is 0. The second kappa shape index (κ2) is 8.77. The number of rotatable bonds is 9. The molecule has 0 aliphatic rings. The lowest BCUT2D eigenvalue weighted by atomic mass is 10.0. The number of hydrogen-bond acceptors (Lipinski definition) is 4. The molecule has 0 fully saturated rings. The van der Waals surface area contributed by atoms with Crippen molar-refractivity contribution in [3.63, 3.8) is 0 Å². The maximum Gasteiger partial charge on any atom is 0.127 e. The van der Waals surface area contributed by atoms with Crippen molar-refractivity contribution in [1.82, 2.24) is 5.32 Å². The van der Waals surface area contributed by atoms with Gasteiger partial charge in [0.15, 0.2) is 0 Å². The van der Waals surface area contributed by atoms with Gasteiger partial charge in [0.25, 0.3) is 0 Å². The van der Waals surface area contributed by atoms with E-state index < -0.39 is 0 Å². The van der Waals surface area contributed by atoms with Crippen molar-refractivity contribution in [2.45, 2.75) is 25.8 Å². The molecule has 0 aliphatic heterocycles. The Morgan fingerprint density at radius 1 is 1.16 bits per heavy atom. The van der Waals surface area contributed by atoms with Crippen molar-refractivity contribution in [1.29, 1.82) is 0 Å². The van der Waals surface area contributed by atoms with E-state index in [1.165, 1.54) is 0 Å². The van der Waals surface area contributed by atoms with Crippen LogP contribution in [0.25, 0.3) is 0 Å². The SMILES string of the molecule is CCCOCCC(NC)c1ccc(OC)cc1OC. The van der Waals surface area contributed by atoms with E-state index >= 15 is 0 Å². The van der Waals surface area contributed by atoms with Gasteiger partial charge in [-0.25, -0.2) is 0 Å². The molecule has 1 aromatic rings. The summed E-state index contributed by atoms with van der Waals surface area (Å²) in [4.78, 5) is 0. The zero-order valence-corrected chi connectivity index (χ0v) is 12.4. The predicted molar refractivity (Wildman–Crippen MR) is 77.1 cm³/mol. The minimum absolute atomic E-state index is 0.220. The number of methoxy groups -OCH3 is 2. The molecule has 1 unspecified atom stereocenters. The minimum atomic E-state index is 0.220. The Balaban J connectivity index is 2.73. The number of ether oxygens (including phenoxy) is 3. The lowest BCUT2D eigenvalue weighted by molar-refractivity contribution is 0.125. The lowest BCUT2D eigenvalue weighted by Gasteiger charge is -2.20. The van der Waals surface area contributed by atoms with Gasteiger partial charge in [-0.15, -0.1) is 0 Å². The molecule has 0 spiro atoms. The maximum absolute atomic E-state index is 5.55. The molecular weight excluding hydrogens is 242 g/mol. The monoisotopic (exact) mass is 267 g/mol. The van der Waals surface area contributed by atoms with E-state index in [0.717, 1.165) is 43.1 Å². The molecular formula is C15H25NO3. The van der Waals surface area contributed by atoms with Crippen LogP contribution in [-0.2, 0) is 4.74 Å². The standard InChI is InChI=1S/C15H25NO3/c1-5-9-19-10-8-14(16-2)13-7-6-12(17-3)11-15(13)18-4/h6-7,11,14,16H,5,8-10H2,1-4H3. The van der Waals surface area contributed by atoms with Crippen LogP contribution in [0, 0.1) is 0 Å². The first-order valence-corrected chi connectivity index (χ1v) is 6.73. The second-order valence-corrected chi connectivity index (χ2v) is 4.35. The van der Waals surface area contributed by atoms with Gasteiger partial charge in [-0.1, -0.05) is 13.0 Å². The van der Waals surface area contributed by atoms with Gasteiger partial charge in [-0.2, -0.15) is 0 Å². The molecule has 0 radical (unpaired) electrons. The topological polar surface area (TPSA) is 39.7 Å². The molecule has 1 rings (SSSR count). The van der Waals surface area contributed by atoms with Crippen LogP contribution in [0.3, 0.4) is 0 Å². The highest BCUT2D eigenvalue weighted by molar-refractivity contribution is 5.42. The molecule has 0 amide bonds. The molecule has 0 heterocycles. The summed E-state index contributed by atoms with van der Waals surface area (Å²) in [6.45, 7) is 3.67. The fraction of sp³-hybridized carbons (Fsp3) is 0.600. The first-order chi connectivity index (χ1) is 9.26. The molecule has 1 aromatic carbocycles. The molecule has 4 nitrogen and oxygen atoms in total. The van der Waals surface area contributed by atoms with Gasteiger partial charge in [-0.05, 0) is 26.0 Å². The summed E-state index contributed by atoms with van der Waals surface area (Å²) in [6, 6.07) is 6.12. The summed E-state index contributed by atoms with van der Waals surface area (Å²) < 4.78 is 16.2. The molecule has 108 valence electrons. The lowest BCUT2D eigenvalue weighted by Crippen LogP contribution is -2.19. The fourth-order valence-corrected chi connectivity index (χ4v) is 2.01. The summed E-state index contributed by atoms with van der Waals surface area (Å²) in [5, 5.41) is 3.31. The predicted octanol–water partition coefficient (Wildman–Crippen LogP) is 2.78. The third-order valence-electron chi connectivity index (χ3n) is 3.06. The summed E-state index contributed by atoms with van der Waals surface area (Å²) in [5.41, 5.74) is 1.13. The summed E-state index contributed by atoms with van der Waals surface area (Å²) in [7, 11) is 5.29. The van der Waals surface area contributed by atoms with Crippen molar-refractivity contribution < 1.29 is 14.2 Å². The Kier molecular flexibility index (Phi) is 7.30. The first kappa shape index (κ1) is 15.8. The highest BCUT2D eigenvalue weighted by atomic mass is 16.5. The van der Waals surface area contributed by atoms with E-state index in [0.29, 0.717) is 0 Å². The van der Waals surface area contributed by atoms with Crippen LogP contribution in [0.15, 0.2) is 18.2 Å². The number of hydrogen-bond donors (Lipinski definition) is 1. The van der Waals surface area contributed by atoms with Crippen LogP contribution in [0.5, 0.6) is 11.5 Å². The highest BCUT2D eigenvalue weighted by Gasteiger charge is 2.15. The van der Waals surface area contributed by atoms with Gasteiger partial charge >= 0.3 is 0 Å². The average molecular weight is 267 g/mol. The van der Waals surface area contributed by atoms with Crippen LogP contribution in [-0.4, -0.2) is 34.5 Å². The smallest absolute Gasteiger partial charge is 0.127 e. The van der Waals surface area contributed by atoms with Crippen LogP contribution in [0.2, 0.25) is 0 Å². The minimum Gasteiger partial charge on any atom is -0.497 e. The van der Waals surface area contributed by atoms with Gasteiger partial charge in [0.05, 0.1) is 14.2 Å². The van der Waals surface area contributed by atoms with Crippen molar-refractivity contribution in [3.05, 3.63) is 23.8 Å². The quantitative estimate of drug-likeness (QED) is 0.698. The van der Waals surface area contributed by atoms with E-state index in [1.54, 1.807) is 14.2 Å². The first-order valence-electron chi connectivity index (χ1n) is 6.73. The van der Waals surface area contributed by atoms with Crippen molar-refractivity contribution in [2.75, 3.05) is 34.5 Å². The molecule has 19 heavy (non-hydrogen) atoms. The van der Waals surface area contributed by atoms with Crippen molar-refractivity contribution in [2.24, 2.45) is 0 Å². The Morgan fingerprint density at radius 3 is 2.53 bits per heavy atom. The van der Waals surface area contributed by atoms with Crippen LogP contribution in [0.1, 0.15) is 31.4 Å². The highest BCUT2D eigenvalue weighted by Crippen LogP contribution is 2.30. The van der Waals surface area contributed by atoms with Crippen LogP contribution < -0.4 is 14.8 Å². The van der Waals surface area contributed by atoms with Crippen LogP contribution in [0.4, 0.5) is 0 Å². The zero-order chi connectivity index (χ0) is 14.1. The Bertz CT molecular complexity index is 368. The molecule has 0 bridgehead atoms. The Hall–Kier alpha value is -1.26. The third-order valence-corrected chi connectivity index (χ3v) is 3.06. The molecule has 4 heteroatoms. The molecule has 0 aromatic heterocycles. The second-order valence-electron chi connectivity index (χ2n) is 4.35. The largest absolute Gasteiger partial charge is 0.497 e. The Labute approximate surface area is 116 Å². The van der Waals surface area contributed by atoms with Crippen LogP contribution >= 0.6 is 0 Å². The number of nitrogens with one attached hydrogen (secondary N) is 1. The average Bonchev–Trinajstić information content (AvgIpc) is 2.47. The van der Waals surface area contributed by atoms with E-state index in [4.69, 9.17) is 14.2 Å². The third kappa shape index (κ3) is 4.73. The molecule has 0 saturated heterocycles. The summed E-state index contributed by atoms with van der Waals surface area (Å²) in [5.74, 6) is 1.65. The van der Waals surface area contributed by atoms with E-state index in [2.05, 4.69) is 12.2 Å². The van der Waals surface area contributed by atoms with E-state index in [1.807, 2.05) is 25.2 Å². The maximum atomic E-state index is 5.55. The fourth-order valence-electron chi connectivity index (χ4n) is 2.01. The molecule has 1 atom stereocenters. The van der Waals surface area contributed by atoms with Gasteiger partial charge in [0.2, 0.25) is 0 Å². The van der Waals surface area contributed by atoms with Gasteiger partial charge < -0.3 is 19.5 Å². The summed E-state index contributed by atoms with van der Waals surface area (Å²) in [6.07, 6.45) is 1.97. The zero-order valence-electron chi connectivity index (χ0n) is 12.4. The van der Waals surface area contributed by atoms with Gasteiger partial charge in [-0.3, -0.25) is 0 Å². The van der Waals surface area contributed by atoms with Crippen molar-refractivity contribution >= 4 is 0 Å². The molecule has 0 saturated carbocycles. The Morgan fingerprint density at radius 2 is 1.95 bits per heavy atom. The van der Waals surface area contributed by atoms with E-state index in [9.17, 15) is 0 Å². The number of benzene rings is 1. The van der Waals surface area contributed by atoms with Gasteiger partial charge in [0, 0.05) is 30.9 Å². The van der Waals surface area contributed by atoms with Gasteiger partial charge in [0.1, 0.15) is 11.5 Å². The van der Waals surface area contributed by atoms with Crippen molar-refractivity contribution in [3.8, 4) is 11.5 Å². The van der Waals surface area contributed by atoms with E-state index in [-0.39, 0.29) is 6.04 Å².